The fourth-order valence-electron chi connectivity index (χ4n) is 4.01. The molecule has 1 saturated heterocycles. The van der Waals surface area contributed by atoms with Gasteiger partial charge in [-0.3, -0.25) is 9.59 Å². The van der Waals surface area contributed by atoms with Gasteiger partial charge in [0.05, 0.1) is 37.0 Å². The molecule has 35 heavy (non-hydrogen) atoms. The van der Waals surface area contributed by atoms with Crippen LogP contribution in [0, 0.1) is 0 Å². The summed E-state index contributed by atoms with van der Waals surface area (Å²) in [6.07, 6.45) is 0.439. The zero-order valence-corrected chi connectivity index (χ0v) is 21.2. The Morgan fingerprint density at radius 2 is 1.71 bits per heavy atom. The zero-order chi connectivity index (χ0) is 25.7. The van der Waals surface area contributed by atoms with Crippen LogP contribution < -0.4 is 14.2 Å². The summed E-state index contributed by atoms with van der Waals surface area (Å²) >= 11 is 6.25. The van der Waals surface area contributed by atoms with Crippen LogP contribution in [0.5, 0.6) is 17.2 Å². The van der Waals surface area contributed by atoms with Crippen LogP contribution in [0.25, 0.3) is 5.76 Å². The maximum atomic E-state index is 13.2. The minimum Gasteiger partial charge on any atom is -0.507 e. The Kier molecular flexibility index (Phi) is 8.64. The molecule has 1 aliphatic rings. The average Bonchev–Trinajstić information content (AvgIpc) is 3.08. The number of hydrogen-bond acceptors (Lipinski definition) is 7. The van der Waals surface area contributed by atoms with Gasteiger partial charge in [-0.05, 0) is 56.2 Å². The number of benzene rings is 2. The van der Waals surface area contributed by atoms with E-state index in [1.54, 1.807) is 37.4 Å². The second-order valence-electron chi connectivity index (χ2n) is 8.27. The van der Waals surface area contributed by atoms with E-state index < -0.39 is 17.7 Å². The van der Waals surface area contributed by atoms with E-state index in [4.69, 9.17) is 30.5 Å². The van der Waals surface area contributed by atoms with Gasteiger partial charge < -0.3 is 29.0 Å². The van der Waals surface area contributed by atoms with Gasteiger partial charge in [0, 0.05) is 25.8 Å². The number of Topliss-reactive ketones (excluding diaryl/α,β-unsaturated/α-hetero) is 1. The molecule has 0 aromatic heterocycles. The van der Waals surface area contributed by atoms with E-state index in [2.05, 4.69) is 0 Å². The van der Waals surface area contributed by atoms with Gasteiger partial charge in [-0.15, -0.1) is 0 Å². The summed E-state index contributed by atoms with van der Waals surface area (Å²) in [5.41, 5.74) is 0.853. The molecule has 2 aromatic carbocycles. The lowest BCUT2D eigenvalue weighted by atomic mass is 9.95. The monoisotopic (exact) mass is 503 g/mol. The molecule has 0 aliphatic carbocycles. The van der Waals surface area contributed by atoms with Crippen molar-refractivity contribution in [3.63, 3.8) is 0 Å². The number of amides is 1. The van der Waals surface area contributed by atoms with Gasteiger partial charge in [-0.25, -0.2) is 0 Å². The third-order valence-corrected chi connectivity index (χ3v) is 5.87. The van der Waals surface area contributed by atoms with E-state index in [-0.39, 0.29) is 29.0 Å². The number of ether oxygens (including phenoxy) is 4. The predicted molar refractivity (Wildman–Crippen MR) is 132 cm³/mol. The number of nitrogens with zero attached hydrogens (tertiary/aromatic N) is 1. The van der Waals surface area contributed by atoms with Crippen molar-refractivity contribution in [1.29, 1.82) is 0 Å². The third-order valence-electron chi connectivity index (χ3n) is 5.58. The predicted octanol–water partition coefficient (Wildman–Crippen LogP) is 4.60. The summed E-state index contributed by atoms with van der Waals surface area (Å²) in [6.45, 7) is 4.47. The van der Waals surface area contributed by atoms with Crippen LogP contribution in [0.2, 0.25) is 5.02 Å². The first-order chi connectivity index (χ1) is 16.7. The molecule has 3 rings (SSSR count). The van der Waals surface area contributed by atoms with Gasteiger partial charge in [0.2, 0.25) is 0 Å². The van der Waals surface area contributed by atoms with Crippen molar-refractivity contribution in [3.05, 3.63) is 58.1 Å². The van der Waals surface area contributed by atoms with Crippen LogP contribution in [0.1, 0.15) is 37.4 Å². The van der Waals surface area contributed by atoms with E-state index in [0.29, 0.717) is 41.4 Å². The average molecular weight is 504 g/mol. The molecular weight excluding hydrogens is 474 g/mol. The van der Waals surface area contributed by atoms with Crippen molar-refractivity contribution in [2.45, 2.75) is 32.4 Å². The molecule has 0 radical (unpaired) electrons. The zero-order valence-electron chi connectivity index (χ0n) is 20.5. The van der Waals surface area contributed by atoms with Crippen molar-refractivity contribution in [2.75, 3.05) is 34.5 Å². The summed E-state index contributed by atoms with van der Waals surface area (Å²) < 4.78 is 21.6. The van der Waals surface area contributed by atoms with Crippen LogP contribution in [0.4, 0.5) is 0 Å². The molecule has 188 valence electrons. The van der Waals surface area contributed by atoms with Crippen LogP contribution in [-0.4, -0.2) is 62.3 Å². The fraction of sp³-hybridized carbons (Fsp3) is 0.385. The first kappa shape index (κ1) is 26.4. The Balaban J connectivity index is 2.16. The molecule has 1 atom stereocenters. The van der Waals surface area contributed by atoms with Gasteiger partial charge >= 0.3 is 0 Å². The van der Waals surface area contributed by atoms with Gasteiger partial charge in [-0.2, -0.15) is 0 Å². The van der Waals surface area contributed by atoms with Crippen LogP contribution >= 0.6 is 11.6 Å². The minimum absolute atomic E-state index is 0.0340. The number of likely N-dealkylation sites (tertiary alicyclic amines) is 1. The second-order valence-corrected chi connectivity index (χ2v) is 8.67. The highest BCUT2D eigenvalue weighted by Gasteiger charge is 2.46. The largest absolute Gasteiger partial charge is 0.507 e. The van der Waals surface area contributed by atoms with Gasteiger partial charge in [0.25, 0.3) is 11.7 Å². The van der Waals surface area contributed by atoms with Crippen molar-refractivity contribution in [2.24, 2.45) is 0 Å². The summed E-state index contributed by atoms with van der Waals surface area (Å²) in [7, 11) is 4.56. The number of hydrogen-bond donors (Lipinski definition) is 1. The van der Waals surface area contributed by atoms with E-state index in [1.165, 1.54) is 25.2 Å². The van der Waals surface area contributed by atoms with Crippen molar-refractivity contribution < 1.29 is 33.6 Å². The molecule has 0 spiro atoms. The second kappa shape index (κ2) is 11.5. The number of rotatable bonds is 10. The van der Waals surface area contributed by atoms with E-state index in [0.717, 1.165) is 0 Å². The lowest BCUT2D eigenvalue weighted by Crippen LogP contribution is -2.31. The van der Waals surface area contributed by atoms with Crippen molar-refractivity contribution in [1.82, 2.24) is 4.90 Å². The quantitative estimate of drug-likeness (QED) is 0.219. The Morgan fingerprint density at radius 1 is 1.03 bits per heavy atom. The van der Waals surface area contributed by atoms with Crippen LogP contribution in [-0.2, 0) is 14.3 Å². The molecule has 9 heteroatoms. The smallest absolute Gasteiger partial charge is 0.295 e. The maximum absolute atomic E-state index is 13.2. The molecule has 2 aromatic rings. The summed E-state index contributed by atoms with van der Waals surface area (Å²) in [5.74, 6) is -0.401. The summed E-state index contributed by atoms with van der Waals surface area (Å²) in [4.78, 5) is 27.7. The highest BCUT2D eigenvalue weighted by atomic mass is 35.5. The van der Waals surface area contributed by atoms with Gasteiger partial charge in [0.1, 0.15) is 11.5 Å². The number of aliphatic hydroxyl groups is 1. The van der Waals surface area contributed by atoms with Crippen molar-refractivity contribution >= 4 is 29.1 Å². The molecule has 8 nitrogen and oxygen atoms in total. The standard InChI is InChI=1S/C26H30ClNO7/c1-15(2)35-20-10-7-16(14-21(20)34-5)23-22(25(30)26(31)28(23)11-6-12-32-3)24(29)17-8-9-19(33-4)18(27)13-17/h7-10,13-15,23,29H,6,11-12H2,1-5H3/b24-22-. The highest BCUT2D eigenvalue weighted by Crippen LogP contribution is 2.42. The first-order valence-corrected chi connectivity index (χ1v) is 11.6. The van der Waals surface area contributed by atoms with Gasteiger partial charge in [-0.1, -0.05) is 17.7 Å². The number of carbonyl (C=O) groups excluding carboxylic acids is 2. The Labute approximate surface area is 210 Å². The van der Waals surface area contributed by atoms with Crippen LogP contribution in [0.3, 0.4) is 0 Å². The van der Waals surface area contributed by atoms with Crippen molar-refractivity contribution in [3.8, 4) is 17.2 Å². The van der Waals surface area contributed by atoms with E-state index in [1.807, 2.05) is 13.8 Å². The number of aliphatic hydroxyl groups excluding tert-OH is 1. The molecule has 1 heterocycles. The summed E-state index contributed by atoms with van der Waals surface area (Å²) in [6, 6.07) is 9.02. The SMILES string of the molecule is COCCCN1C(=O)C(=O)/C(=C(\O)c2ccc(OC)c(Cl)c2)C1c1ccc(OC(C)C)c(OC)c1. The normalized spacial score (nSPS) is 17.2. The molecule has 1 amide bonds. The Morgan fingerprint density at radius 3 is 2.31 bits per heavy atom. The molecule has 1 unspecified atom stereocenters. The topological polar surface area (TPSA) is 94.5 Å². The maximum Gasteiger partial charge on any atom is 0.295 e. The fourth-order valence-corrected chi connectivity index (χ4v) is 4.27. The number of halogens is 1. The minimum atomic E-state index is -0.838. The lowest BCUT2D eigenvalue weighted by molar-refractivity contribution is -0.140. The molecule has 0 saturated carbocycles. The van der Waals surface area contributed by atoms with E-state index in [9.17, 15) is 14.7 Å². The number of methoxy groups -OCH3 is 3. The van der Waals surface area contributed by atoms with E-state index >= 15 is 0 Å². The number of ketones is 1. The molecule has 1 fully saturated rings. The third kappa shape index (κ3) is 5.55. The molecule has 0 bridgehead atoms. The highest BCUT2D eigenvalue weighted by molar-refractivity contribution is 6.46. The Hall–Kier alpha value is -3.23. The molecular formula is C26H30ClNO7. The molecule has 1 N–H and O–H groups in total. The van der Waals surface area contributed by atoms with Gasteiger partial charge in [0.15, 0.2) is 11.5 Å². The Bertz CT molecular complexity index is 1130. The lowest BCUT2D eigenvalue weighted by Gasteiger charge is -2.26. The molecule has 1 aliphatic heterocycles. The van der Waals surface area contributed by atoms with Crippen LogP contribution in [0.15, 0.2) is 42.0 Å². The first-order valence-electron chi connectivity index (χ1n) is 11.2. The summed E-state index contributed by atoms with van der Waals surface area (Å²) in [5, 5.41) is 11.5. The number of carbonyl (C=O) groups is 2.